The summed E-state index contributed by atoms with van der Waals surface area (Å²) >= 11 is 0. The number of aryl methyl sites for hydroxylation is 1. The molecule has 34 heavy (non-hydrogen) atoms. The first-order valence-corrected chi connectivity index (χ1v) is 11.0. The fraction of sp³-hybridized carbons (Fsp3) is 0.360. The van der Waals surface area contributed by atoms with Crippen molar-refractivity contribution in [3.05, 3.63) is 59.2 Å². The number of carboxylic acid groups (broad SMARTS) is 1. The molecule has 3 aromatic rings. The topological polar surface area (TPSA) is 117 Å². The summed E-state index contributed by atoms with van der Waals surface area (Å²) in [5.41, 5.74) is 2.78. The van der Waals surface area contributed by atoms with Crippen molar-refractivity contribution in [2.75, 3.05) is 25.1 Å². The number of nitrogens with zero attached hydrogens (tertiary/aromatic N) is 3. The van der Waals surface area contributed by atoms with E-state index in [1.165, 1.54) is 18.3 Å². The molecule has 3 rings (SSSR count). The van der Waals surface area contributed by atoms with Gasteiger partial charge in [-0.2, -0.15) is 5.26 Å². The Hall–Kier alpha value is -3.77. The van der Waals surface area contributed by atoms with Crippen LogP contribution in [0, 0.1) is 23.1 Å². The number of halogens is 1. The van der Waals surface area contributed by atoms with Crippen LogP contribution in [0.1, 0.15) is 41.4 Å². The third kappa shape index (κ3) is 6.17. The van der Waals surface area contributed by atoms with Gasteiger partial charge in [0.25, 0.3) is 0 Å². The van der Waals surface area contributed by atoms with Crippen LogP contribution in [0.5, 0.6) is 0 Å². The Labute approximate surface area is 197 Å². The Morgan fingerprint density at radius 3 is 2.79 bits per heavy atom. The van der Waals surface area contributed by atoms with Crippen LogP contribution in [-0.4, -0.2) is 46.2 Å². The number of nitriles is 1. The van der Waals surface area contributed by atoms with E-state index in [1.807, 2.05) is 10.6 Å². The van der Waals surface area contributed by atoms with E-state index in [0.717, 1.165) is 5.69 Å². The first-order chi connectivity index (χ1) is 16.3. The van der Waals surface area contributed by atoms with Gasteiger partial charge in [-0.25, -0.2) is 9.37 Å². The molecule has 178 valence electrons. The van der Waals surface area contributed by atoms with Gasteiger partial charge >= 0.3 is 5.97 Å². The van der Waals surface area contributed by atoms with Gasteiger partial charge in [0, 0.05) is 61.4 Å². The minimum Gasteiger partial charge on any atom is -0.481 e. The number of aliphatic carboxylic acids is 1. The van der Waals surface area contributed by atoms with Crippen molar-refractivity contribution in [1.82, 2.24) is 9.55 Å². The third-order valence-corrected chi connectivity index (χ3v) is 5.50. The van der Waals surface area contributed by atoms with Crippen molar-refractivity contribution < 1.29 is 23.8 Å². The van der Waals surface area contributed by atoms with Crippen LogP contribution in [-0.2, 0) is 23.0 Å². The van der Waals surface area contributed by atoms with Crippen molar-refractivity contribution in [2.45, 2.75) is 26.2 Å². The van der Waals surface area contributed by atoms with Crippen LogP contribution in [0.15, 0.2) is 36.5 Å². The second kappa shape index (κ2) is 11.4. The summed E-state index contributed by atoms with van der Waals surface area (Å²) in [6.45, 7) is 2.94. The lowest BCUT2D eigenvalue weighted by Crippen LogP contribution is -2.15. The van der Waals surface area contributed by atoms with Crippen LogP contribution in [0.4, 0.5) is 10.1 Å². The van der Waals surface area contributed by atoms with Crippen LogP contribution in [0.2, 0.25) is 0 Å². The highest BCUT2D eigenvalue weighted by molar-refractivity contribution is 6.09. The van der Waals surface area contributed by atoms with E-state index < -0.39 is 5.97 Å². The molecule has 1 aromatic carbocycles. The number of hydrogen-bond donors (Lipinski definition) is 2. The van der Waals surface area contributed by atoms with Gasteiger partial charge in [-0.05, 0) is 30.2 Å². The van der Waals surface area contributed by atoms with Gasteiger partial charge in [0.15, 0.2) is 5.78 Å². The first kappa shape index (κ1) is 24.9. The fourth-order valence-electron chi connectivity index (χ4n) is 3.95. The highest BCUT2D eigenvalue weighted by atomic mass is 19.1. The molecule has 0 aliphatic carbocycles. The maximum atomic E-state index is 13.2. The minimum absolute atomic E-state index is 0.0770. The Bertz CT molecular complexity index is 1230. The molecule has 1 atom stereocenters. The van der Waals surface area contributed by atoms with E-state index in [9.17, 15) is 19.2 Å². The maximum absolute atomic E-state index is 13.2. The third-order valence-electron chi connectivity index (χ3n) is 5.50. The molecule has 0 fully saturated rings. The van der Waals surface area contributed by atoms with Gasteiger partial charge < -0.3 is 19.7 Å². The standard InChI is InChI=1S/C25H27FN4O4/c1-16(11-23(32)33)10-22(31)24-20-12-17(14-27)15-29-25(20)30(2)21(24)6-8-34-9-7-28-19-5-3-4-18(26)13-19/h3-5,12-13,15-16,28H,6-11H2,1-2H3,(H,32,33)/t16-/m0/s1. The molecular formula is C25H27FN4O4. The highest BCUT2D eigenvalue weighted by Crippen LogP contribution is 2.28. The average molecular weight is 467 g/mol. The number of carbonyl (C=O) groups excluding carboxylic acids is 1. The lowest BCUT2D eigenvalue weighted by molar-refractivity contribution is -0.137. The SMILES string of the molecule is C[C@H](CC(=O)O)CC(=O)c1c(CCOCCNc2cccc(F)c2)n(C)c2ncc(C#N)cc12. The molecule has 2 N–H and O–H groups in total. The molecular weight excluding hydrogens is 439 g/mol. The fourth-order valence-corrected chi connectivity index (χ4v) is 3.95. The predicted octanol–water partition coefficient (Wildman–Crippen LogP) is 3.94. The number of fused-ring (bicyclic) bond motifs is 1. The highest BCUT2D eigenvalue weighted by Gasteiger charge is 2.24. The largest absolute Gasteiger partial charge is 0.481 e. The summed E-state index contributed by atoms with van der Waals surface area (Å²) in [7, 11) is 1.81. The van der Waals surface area contributed by atoms with Gasteiger partial charge in [0.1, 0.15) is 17.5 Å². The van der Waals surface area contributed by atoms with Crippen LogP contribution < -0.4 is 5.32 Å². The first-order valence-electron chi connectivity index (χ1n) is 11.0. The van der Waals surface area contributed by atoms with Crippen molar-refractivity contribution in [3.63, 3.8) is 0 Å². The zero-order valence-corrected chi connectivity index (χ0v) is 19.2. The average Bonchev–Trinajstić information content (AvgIpc) is 3.06. The predicted molar refractivity (Wildman–Crippen MR) is 125 cm³/mol. The normalized spacial score (nSPS) is 11.8. The molecule has 0 radical (unpaired) electrons. The van der Waals surface area contributed by atoms with Crippen molar-refractivity contribution in [3.8, 4) is 6.07 Å². The summed E-state index contributed by atoms with van der Waals surface area (Å²) in [6.07, 6.45) is 1.87. The number of rotatable bonds is 12. The summed E-state index contributed by atoms with van der Waals surface area (Å²) < 4.78 is 20.8. The molecule has 0 amide bonds. The molecule has 0 bridgehead atoms. The zero-order chi connectivity index (χ0) is 24.7. The van der Waals surface area contributed by atoms with Gasteiger partial charge in [0.05, 0.1) is 18.8 Å². The van der Waals surface area contributed by atoms with Gasteiger partial charge in [0.2, 0.25) is 0 Å². The number of benzene rings is 1. The van der Waals surface area contributed by atoms with Crippen LogP contribution in [0.3, 0.4) is 0 Å². The maximum Gasteiger partial charge on any atom is 0.303 e. The number of hydrogen-bond acceptors (Lipinski definition) is 6. The molecule has 2 aromatic heterocycles. The van der Waals surface area contributed by atoms with E-state index in [0.29, 0.717) is 54.0 Å². The summed E-state index contributed by atoms with van der Waals surface area (Å²) in [5.74, 6) is -1.78. The van der Waals surface area contributed by atoms with E-state index in [4.69, 9.17) is 9.84 Å². The second-order valence-electron chi connectivity index (χ2n) is 8.22. The van der Waals surface area contributed by atoms with Crippen LogP contribution >= 0.6 is 0 Å². The van der Waals surface area contributed by atoms with E-state index in [2.05, 4.69) is 10.3 Å². The Balaban J connectivity index is 1.71. The number of pyridine rings is 1. The molecule has 0 aliphatic rings. The summed E-state index contributed by atoms with van der Waals surface area (Å²) in [5, 5.41) is 22.0. The number of carboxylic acids is 1. The molecule has 0 aliphatic heterocycles. The van der Waals surface area contributed by atoms with E-state index in [1.54, 1.807) is 32.2 Å². The van der Waals surface area contributed by atoms with Gasteiger partial charge in [-0.1, -0.05) is 13.0 Å². The van der Waals surface area contributed by atoms with Crippen molar-refractivity contribution in [1.29, 1.82) is 5.26 Å². The molecule has 2 heterocycles. The van der Waals surface area contributed by atoms with Gasteiger partial charge in [-0.3, -0.25) is 9.59 Å². The minimum atomic E-state index is -0.952. The lowest BCUT2D eigenvalue weighted by Gasteiger charge is -2.11. The molecule has 0 spiro atoms. The monoisotopic (exact) mass is 466 g/mol. The Morgan fingerprint density at radius 2 is 2.09 bits per heavy atom. The smallest absolute Gasteiger partial charge is 0.303 e. The lowest BCUT2D eigenvalue weighted by atomic mass is 9.95. The van der Waals surface area contributed by atoms with Crippen molar-refractivity contribution in [2.24, 2.45) is 13.0 Å². The molecule has 9 heteroatoms. The summed E-state index contributed by atoms with van der Waals surface area (Å²) in [4.78, 5) is 28.6. The number of carbonyl (C=O) groups is 2. The molecule has 0 saturated heterocycles. The Morgan fingerprint density at radius 1 is 1.29 bits per heavy atom. The Kier molecular flexibility index (Phi) is 8.33. The number of nitrogens with one attached hydrogen (secondary N) is 1. The summed E-state index contributed by atoms with van der Waals surface area (Å²) in [6, 6.07) is 9.87. The number of anilines is 1. The van der Waals surface area contributed by atoms with E-state index >= 15 is 0 Å². The zero-order valence-electron chi connectivity index (χ0n) is 19.2. The molecule has 0 saturated carbocycles. The second-order valence-corrected chi connectivity index (χ2v) is 8.22. The van der Waals surface area contributed by atoms with E-state index in [-0.39, 0.29) is 30.4 Å². The molecule has 8 nitrogen and oxygen atoms in total. The quantitative estimate of drug-likeness (QED) is 0.307. The van der Waals surface area contributed by atoms with Crippen LogP contribution in [0.25, 0.3) is 11.0 Å². The number of Topliss-reactive ketones (excluding diaryl/α,β-unsaturated/α-hetero) is 1. The van der Waals surface area contributed by atoms with Crippen molar-refractivity contribution >= 4 is 28.5 Å². The number of ether oxygens (including phenoxy) is 1. The number of ketones is 1. The molecule has 0 unspecified atom stereocenters. The number of aromatic nitrogens is 2. The van der Waals surface area contributed by atoms with Gasteiger partial charge in [-0.15, -0.1) is 0 Å².